The molecule has 0 amide bonds. The normalized spacial score (nSPS) is 10.7. The number of rotatable bonds is 2. The summed E-state index contributed by atoms with van der Waals surface area (Å²) < 4.78 is 0. The fourth-order valence-electron chi connectivity index (χ4n) is 2.14. The van der Waals surface area contributed by atoms with Gasteiger partial charge in [0.1, 0.15) is 5.15 Å². The van der Waals surface area contributed by atoms with E-state index in [0.717, 1.165) is 27.3 Å². The molecule has 0 aliphatic heterocycles. The highest BCUT2D eigenvalue weighted by Gasteiger charge is 2.13. The number of nitrogens with two attached hydrogens (primary N) is 1. The Morgan fingerprint density at radius 3 is 2.45 bits per heavy atom. The lowest BCUT2D eigenvalue weighted by Gasteiger charge is -2.08. The van der Waals surface area contributed by atoms with Crippen molar-refractivity contribution in [3.05, 3.63) is 52.6 Å². The summed E-state index contributed by atoms with van der Waals surface area (Å²) in [6.07, 6.45) is 1.77. The summed E-state index contributed by atoms with van der Waals surface area (Å²) in [5, 5.41) is 1.07. The maximum atomic E-state index is 5.85. The van der Waals surface area contributed by atoms with Crippen LogP contribution in [-0.2, 0) is 0 Å². The predicted molar refractivity (Wildman–Crippen MR) is 84.9 cm³/mol. The van der Waals surface area contributed by atoms with Gasteiger partial charge in [0.25, 0.3) is 0 Å². The molecule has 0 aliphatic rings. The molecule has 2 aromatic heterocycles. The summed E-state index contributed by atoms with van der Waals surface area (Å²) in [4.78, 5) is 9.68. The average molecular weight is 302 g/mol. The summed E-state index contributed by atoms with van der Waals surface area (Å²) >= 11 is 7.35. The van der Waals surface area contributed by atoms with Crippen molar-refractivity contribution in [1.82, 2.24) is 9.97 Å². The van der Waals surface area contributed by atoms with Gasteiger partial charge < -0.3 is 5.73 Å². The molecule has 0 aliphatic carbocycles. The second kappa shape index (κ2) is 5.23. The third kappa shape index (κ3) is 2.40. The zero-order chi connectivity index (χ0) is 14.1. The lowest BCUT2D eigenvalue weighted by molar-refractivity contribution is 1.32. The topological polar surface area (TPSA) is 51.8 Å². The second-order valence-electron chi connectivity index (χ2n) is 4.37. The number of aromatic nitrogens is 2. The maximum absolute atomic E-state index is 5.85. The van der Waals surface area contributed by atoms with Gasteiger partial charge in [-0.05, 0) is 24.6 Å². The third-order valence-corrected chi connectivity index (χ3v) is 4.06. The fraction of sp³-hybridized carbons (Fsp3) is 0.0667. The minimum Gasteiger partial charge on any atom is -0.375 e. The number of hydrogen-bond donors (Lipinski definition) is 1. The summed E-state index contributed by atoms with van der Waals surface area (Å²) in [7, 11) is 0. The molecule has 2 heterocycles. The van der Waals surface area contributed by atoms with Gasteiger partial charge in [0.15, 0.2) is 5.13 Å². The minimum absolute atomic E-state index is 0.486. The Hall–Kier alpha value is -1.91. The number of benzene rings is 1. The van der Waals surface area contributed by atoms with E-state index in [1.54, 1.807) is 12.3 Å². The van der Waals surface area contributed by atoms with Gasteiger partial charge in [0.2, 0.25) is 0 Å². The standard InChI is InChI=1S/C15H12ClN3S/c1-9-14(19-15(17)20-9)12-5-3-2-4-11(12)10-6-7-13(16)18-8-10/h2-8H,1H3,(H2,17,19). The Balaban J connectivity index is 2.18. The van der Waals surface area contributed by atoms with Crippen LogP contribution in [0.25, 0.3) is 22.4 Å². The first-order valence-corrected chi connectivity index (χ1v) is 7.29. The van der Waals surface area contributed by atoms with Crippen LogP contribution >= 0.6 is 22.9 Å². The SMILES string of the molecule is Cc1sc(N)nc1-c1ccccc1-c1ccc(Cl)nc1. The smallest absolute Gasteiger partial charge is 0.180 e. The largest absolute Gasteiger partial charge is 0.375 e. The van der Waals surface area contributed by atoms with Crippen LogP contribution in [0.5, 0.6) is 0 Å². The molecule has 100 valence electrons. The van der Waals surface area contributed by atoms with E-state index >= 15 is 0 Å². The number of anilines is 1. The Bertz CT molecular complexity index is 750. The Labute approximate surface area is 126 Å². The van der Waals surface area contributed by atoms with Crippen molar-refractivity contribution >= 4 is 28.1 Å². The number of nitrogen functional groups attached to an aromatic ring is 1. The minimum atomic E-state index is 0.486. The van der Waals surface area contributed by atoms with Gasteiger partial charge in [-0.15, -0.1) is 11.3 Å². The van der Waals surface area contributed by atoms with Crippen LogP contribution in [0.2, 0.25) is 5.15 Å². The van der Waals surface area contributed by atoms with E-state index in [2.05, 4.69) is 16.0 Å². The Morgan fingerprint density at radius 1 is 1.10 bits per heavy atom. The predicted octanol–water partition coefficient (Wildman–Crippen LogP) is 4.42. The molecule has 20 heavy (non-hydrogen) atoms. The maximum Gasteiger partial charge on any atom is 0.180 e. The summed E-state index contributed by atoms with van der Waals surface area (Å²) in [5.41, 5.74) is 9.87. The van der Waals surface area contributed by atoms with Crippen molar-refractivity contribution in [2.45, 2.75) is 6.92 Å². The van der Waals surface area contributed by atoms with Crippen molar-refractivity contribution in [2.75, 3.05) is 5.73 Å². The molecule has 0 unspecified atom stereocenters. The Morgan fingerprint density at radius 2 is 1.85 bits per heavy atom. The third-order valence-electron chi connectivity index (χ3n) is 3.03. The van der Waals surface area contributed by atoms with Crippen molar-refractivity contribution in [2.24, 2.45) is 0 Å². The molecule has 0 saturated heterocycles. The first kappa shape index (κ1) is 13.1. The van der Waals surface area contributed by atoms with E-state index in [4.69, 9.17) is 17.3 Å². The van der Waals surface area contributed by atoms with Gasteiger partial charge in [-0.1, -0.05) is 35.9 Å². The molecule has 0 saturated carbocycles. The number of thiazole rings is 1. The van der Waals surface area contributed by atoms with Crippen LogP contribution in [0.4, 0.5) is 5.13 Å². The van der Waals surface area contributed by atoms with Crippen LogP contribution < -0.4 is 5.73 Å². The van der Waals surface area contributed by atoms with Crippen LogP contribution in [0, 0.1) is 6.92 Å². The number of pyridine rings is 1. The molecule has 0 fully saturated rings. The van der Waals surface area contributed by atoms with Gasteiger partial charge in [-0.25, -0.2) is 9.97 Å². The quantitative estimate of drug-likeness (QED) is 0.713. The summed E-state index contributed by atoms with van der Waals surface area (Å²) in [6.45, 7) is 2.03. The number of aryl methyl sites for hydroxylation is 1. The van der Waals surface area contributed by atoms with Crippen molar-refractivity contribution in [1.29, 1.82) is 0 Å². The summed E-state index contributed by atoms with van der Waals surface area (Å²) in [6, 6.07) is 11.8. The number of halogens is 1. The molecule has 3 rings (SSSR count). The molecule has 0 spiro atoms. The van der Waals surface area contributed by atoms with Crippen LogP contribution in [0.3, 0.4) is 0 Å². The molecule has 1 aromatic carbocycles. The highest BCUT2D eigenvalue weighted by atomic mass is 35.5. The number of hydrogen-bond acceptors (Lipinski definition) is 4. The van der Waals surface area contributed by atoms with Crippen LogP contribution in [0.15, 0.2) is 42.6 Å². The van der Waals surface area contributed by atoms with E-state index in [1.165, 1.54) is 11.3 Å². The van der Waals surface area contributed by atoms with Gasteiger partial charge >= 0.3 is 0 Å². The molecule has 2 N–H and O–H groups in total. The van der Waals surface area contributed by atoms with Crippen molar-refractivity contribution in [3.8, 4) is 22.4 Å². The molecule has 0 bridgehead atoms. The van der Waals surface area contributed by atoms with Gasteiger partial charge in [-0.3, -0.25) is 0 Å². The molecule has 5 heteroatoms. The fourth-order valence-corrected chi connectivity index (χ4v) is 2.96. The van der Waals surface area contributed by atoms with E-state index in [1.807, 2.05) is 31.2 Å². The van der Waals surface area contributed by atoms with Gasteiger partial charge in [0.05, 0.1) is 5.69 Å². The first-order chi connectivity index (χ1) is 9.65. The molecule has 0 radical (unpaired) electrons. The second-order valence-corrected chi connectivity index (χ2v) is 5.99. The zero-order valence-corrected chi connectivity index (χ0v) is 12.4. The molecular formula is C15H12ClN3S. The lowest BCUT2D eigenvalue weighted by atomic mass is 9.98. The lowest BCUT2D eigenvalue weighted by Crippen LogP contribution is -1.89. The molecular weight excluding hydrogens is 290 g/mol. The number of nitrogens with zero attached hydrogens (tertiary/aromatic N) is 2. The van der Waals surface area contributed by atoms with Gasteiger partial charge in [0, 0.05) is 22.2 Å². The van der Waals surface area contributed by atoms with Crippen LogP contribution in [-0.4, -0.2) is 9.97 Å². The van der Waals surface area contributed by atoms with Crippen molar-refractivity contribution < 1.29 is 0 Å². The van der Waals surface area contributed by atoms with E-state index < -0.39 is 0 Å². The van der Waals surface area contributed by atoms with Crippen LogP contribution in [0.1, 0.15) is 4.88 Å². The molecule has 3 nitrogen and oxygen atoms in total. The zero-order valence-electron chi connectivity index (χ0n) is 10.8. The first-order valence-electron chi connectivity index (χ1n) is 6.09. The monoisotopic (exact) mass is 301 g/mol. The summed E-state index contributed by atoms with van der Waals surface area (Å²) in [5.74, 6) is 0. The highest BCUT2D eigenvalue weighted by molar-refractivity contribution is 7.15. The molecule has 3 aromatic rings. The van der Waals surface area contributed by atoms with Gasteiger partial charge in [-0.2, -0.15) is 0 Å². The highest BCUT2D eigenvalue weighted by Crippen LogP contribution is 2.35. The van der Waals surface area contributed by atoms with E-state index in [9.17, 15) is 0 Å². The Kier molecular flexibility index (Phi) is 3.42. The average Bonchev–Trinajstić information content (AvgIpc) is 2.78. The van der Waals surface area contributed by atoms with E-state index in [0.29, 0.717) is 10.3 Å². The van der Waals surface area contributed by atoms with E-state index in [-0.39, 0.29) is 0 Å². The molecule has 0 atom stereocenters. The van der Waals surface area contributed by atoms with Crippen molar-refractivity contribution in [3.63, 3.8) is 0 Å².